The first-order chi connectivity index (χ1) is 5.24. The van der Waals surface area contributed by atoms with Crippen molar-refractivity contribution in [3.05, 3.63) is 0 Å². The molecule has 1 aliphatic rings. The Bertz CT molecular complexity index is 147. The summed E-state index contributed by atoms with van der Waals surface area (Å²) in [6.07, 6.45) is 2.36. The molecule has 0 aromatic rings. The van der Waals surface area contributed by atoms with Crippen LogP contribution in [0, 0.1) is 5.92 Å². The lowest BCUT2D eigenvalue weighted by atomic mass is 9.81. The number of carbonyl (C=O) groups excluding carboxylic acids is 1. The Morgan fingerprint density at radius 3 is 2.73 bits per heavy atom. The highest BCUT2D eigenvalue weighted by atomic mass is 16.5. The largest absolute Gasteiger partial charge is 0.375 e. The van der Waals surface area contributed by atoms with Gasteiger partial charge in [0.2, 0.25) is 5.91 Å². The first-order valence-electron chi connectivity index (χ1n) is 4.02. The Labute approximate surface area is 67.1 Å². The van der Waals surface area contributed by atoms with Gasteiger partial charge in [-0.3, -0.25) is 4.79 Å². The lowest BCUT2D eigenvalue weighted by Gasteiger charge is -2.34. The summed E-state index contributed by atoms with van der Waals surface area (Å²) in [5, 5.41) is 2.90. The molecule has 1 amide bonds. The number of hydrogen-bond acceptors (Lipinski definition) is 2. The molecule has 0 aliphatic heterocycles. The molecular formula is C8H15NO2. The highest BCUT2D eigenvalue weighted by molar-refractivity contribution is 5.77. The van der Waals surface area contributed by atoms with Crippen molar-refractivity contribution in [2.75, 3.05) is 13.7 Å². The molecule has 64 valence electrons. The van der Waals surface area contributed by atoms with Gasteiger partial charge in [-0.1, -0.05) is 6.92 Å². The fourth-order valence-electron chi connectivity index (χ4n) is 1.26. The average Bonchev–Trinajstić information content (AvgIpc) is 1.98. The molecule has 0 spiro atoms. The predicted octanol–water partition coefficient (Wildman–Crippen LogP) is 0.547. The van der Waals surface area contributed by atoms with Crippen molar-refractivity contribution in [1.29, 1.82) is 0 Å². The Kier molecular flexibility index (Phi) is 2.88. The van der Waals surface area contributed by atoms with Crippen LogP contribution in [0.1, 0.15) is 19.8 Å². The van der Waals surface area contributed by atoms with Gasteiger partial charge in [0.15, 0.2) is 0 Å². The number of amides is 1. The summed E-state index contributed by atoms with van der Waals surface area (Å²) in [6, 6.07) is 0.401. The highest BCUT2D eigenvalue weighted by Crippen LogP contribution is 2.26. The minimum atomic E-state index is 0.00375. The van der Waals surface area contributed by atoms with Gasteiger partial charge < -0.3 is 10.1 Å². The second kappa shape index (κ2) is 3.72. The van der Waals surface area contributed by atoms with Crippen LogP contribution in [0.25, 0.3) is 0 Å². The minimum Gasteiger partial charge on any atom is -0.375 e. The van der Waals surface area contributed by atoms with Crippen molar-refractivity contribution in [3.8, 4) is 0 Å². The fourth-order valence-corrected chi connectivity index (χ4v) is 1.26. The lowest BCUT2D eigenvalue weighted by molar-refractivity contribution is -0.126. The van der Waals surface area contributed by atoms with Crippen LogP contribution in [0.5, 0.6) is 0 Å². The molecule has 2 atom stereocenters. The van der Waals surface area contributed by atoms with Crippen LogP contribution in [0.4, 0.5) is 0 Å². The number of carbonyl (C=O) groups is 1. The summed E-state index contributed by atoms with van der Waals surface area (Å²) in [5.74, 6) is 0.653. The van der Waals surface area contributed by atoms with E-state index >= 15 is 0 Å². The van der Waals surface area contributed by atoms with E-state index in [1.54, 1.807) is 0 Å². The van der Waals surface area contributed by atoms with Crippen molar-refractivity contribution in [2.45, 2.75) is 25.8 Å². The summed E-state index contributed by atoms with van der Waals surface area (Å²) in [7, 11) is 1.53. The summed E-state index contributed by atoms with van der Waals surface area (Å²) < 4.78 is 4.70. The molecule has 1 rings (SSSR count). The molecular weight excluding hydrogens is 142 g/mol. The maximum atomic E-state index is 11.0. The van der Waals surface area contributed by atoms with Gasteiger partial charge in [0.25, 0.3) is 0 Å². The molecule has 1 saturated carbocycles. The van der Waals surface area contributed by atoms with E-state index in [-0.39, 0.29) is 12.5 Å². The van der Waals surface area contributed by atoms with Crippen molar-refractivity contribution in [2.24, 2.45) is 5.92 Å². The maximum Gasteiger partial charge on any atom is 0.246 e. The molecule has 0 radical (unpaired) electrons. The minimum absolute atomic E-state index is 0.00375. The molecule has 1 N–H and O–H groups in total. The molecule has 0 heterocycles. The second-order valence-electron chi connectivity index (χ2n) is 3.16. The summed E-state index contributed by atoms with van der Waals surface area (Å²) in [5.41, 5.74) is 0. The van der Waals surface area contributed by atoms with E-state index in [1.165, 1.54) is 13.5 Å². The first-order valence-corrected chi connectivity index (χ1v) is 4.02. The molecule has 2 unspecified atom stereocenters. The molecule has 0 aromatic carbocycles. The Hall–Kier alpha value is -0.570. The standard InChI is InChI=1S/C8H15NO2/c1-6-3-4-7(6)9-8(10)5-11-2/h6-7H,3-5H2,1-2H3,(H,9,10). The van der Waals surface area contributed by atoms with Crippen LogP contribution in [0.2, 0.25) is 0 Å². The SMILES string of the molecule is COCC(=O)NC1CCC1C. The zero-order valence-electron chi connectivity index (χ0n) is 7.09. The normalized spacial score (nSPS) is 29.3. The van der Waals surface area contributed by atoms with Crippen LogP contribution in [0.15, 0.2) is 0 Å². The van der Waals surface area contributed by atoms with Crippen molar-refractivity contribution in [3.63, 3.8) is 0 Å². The third kappa shape index (κ3) is 2.19. The van der Waals surface area contributed by atoms with Crippen LogP contribution in [-0.4, -0.2) is 25.7 Å². The number of rotatable bonds is 3. The van der Waals surface area contributed by atoms with E-state index < -0.39 is 0 Å². The topological polar surface area (TPSA) is 38.3 Å². The van der Waals surface area contributed by atoms with Gasteiger partial charge in [-0.05, 0) is 18.8 Å². The number of nitrogens with one attached hydrogen (secondary N) is 1. The zero-order valence-corrected chi connectivity index (χ0v) is 7.09. The van der Waals surface area contributed by atoms with Gasteiger partial charge in [-0.25, -0.2) is 0 Å². The third-order valence-electron chi connectivity index (χ3n) is 2.24. The van der Waals surface area contributed by atoms with E-state index in [4.69, 9.17) is 4.74 Å². The summed E-state index contributed by atoms with van der Waals surface area (Å²) in [4.78, 5) is 11.0. The molecule has 1 aliphatic carbocycles. The monoisotopic (exact) mass is 157 g/mol. The van der Waals surface area contributed by atoms with Gasteiger partial charge >= 0.3 is 0 Å². The van der Waals surface area contributed by atoms with E-state index in [0.29, 0.717) is 12.0 Å². The van der Waals surface area contributed by atoms with Gasteiger partial charge in [0, 0.05) is 13.2 Å². The van der Waals surface area contributed by atoms with Gasteiger partial charge in [-0.15, -0.1) is 0 Å². The van der Waals surface area contributed by atoms with Crippen LogP contribution < -0.4 is 5.32 Å². The van der Waals surface area contributed by atoms with Crippen molar-refractivity contribution in [1.82, 2.24) is 5.32 Å². The van der Waals surface area contributed by atoms with Crippen LogP contribution in [0.3, 0.4) is 0 Å². The number of hydrogen-bond donors (Lipinski definition) is 1. The molecule has 0 saturated heterocycles. The Morgan fingerprint density at radius 1 is 1.64 bits per heavy atom. The summed E-state index contributed by atoms with van der Waals surface area (Å²) in [6.45, 7) is 2.34. The highest BCUT2D eigenvalue weighted by Gasteiger charge is 2.27. The van der Waals surface area contributed by atoms with E-state index in [1.807, 2.05) is 0 Å². The smallest absolute Gasteiger partial charge is 0.246 e. The van der Waals surface area contributed by atoms with Gasteiger partial charge in [0.05, 0.1) is 0 Å². The first kappa shape index (κ1) is 8.53. The summed E-state index contributed by atoms with van der Waals surface area (Å²) >= 11 is 0. The Balaban J connectivity index is 2.14. The average molecular weight is 157 g/mol. The molecule has 3 heteroatoms. The van der Waals surface area contributed by atoms with E-state index in [0.717, 1.165) is 6.42 Å². The van der Waals surface area contributed by atoms with Crippen molar-refractivity contribution < 1.29 is 9.53 Å². The zero-order chi connectivity index (χ0) is 8.27. The molecule has 3 nitrogen and oxygen atoms in total. The molecule has 0 bridgehead atoms. The van der Waals surface area contributed by atoms with Gasteiger partial charge in [-0.2, -0.15) is 0 Å². The fraction of sp³-hybridized carbons (Fsp3) is 0.875. The maximum absolute atomic E-state index is 11.0. The molecule has 1 fully saturated rings. The Morgan fingerprint density at radius 2 is 2.36 bits per heavy atom. The molecule has 0 aromatic heterocycles. The third-order valence-corrected chi connectivity index (χ3v) is 2.24. The van der Waals surface area contributed by atoms with Crippen LogP contribution in [-0.2, 0) is 9.53 Å². The van der Waals surface area contributed by atoms with E-state index in [2.05, 4.69) is 12.2 Å². The lowest BCUT2D eigenvalue weighted by Crippen LogP contribution is -2.46. The van der Waals surface area contributed by atoms with Crippen LogP contribution >= 0.6 is 0 Å². The van der Waals surface area contributed by atoms with E-state index in [9.17, 15) is 4.79 Å². The van der Waals surface area contributed by atoms with Gasteiger partial charge in [0.1, 0.15) is 6.61 Å². The second-order valence-corrected chi connectivity index (χ2v) is 3.16. The van der Waals surface area contributed by atoms with Crippen molar-refractivity contribution >= 4 is 5.91 Å². The number of ether oxygens (including phenoxy) is 1. The quantitative estimate of drug-likeness (QED) is 0.649. The number of methoxy groups -OCH3 is 1. The molecule has 11 heavy (non-hydrogen) atoms. The predicted molar refractivity (Wildman–Crippen MR) is 42.2 cm³/mol.